The van der Waals surface area contributed by atoms with Crippen LogP contribution in [0.1, 0.15) is 85.0 Å². The van der Waals surface area contributed by atoms with E-state index < -0.39 is 5.97 Å². The third kappa shape index (κ3) is 14.1. The molecule has 3 heteroatoms. The number of hydrogen-bond donors (Lipinski definition) is 1. The smallest absolute Gasteiger partial charge is 0.0773 e. The molecule has 0 bridgehead atoms. The molecule has 1 N–H and O–H groups in total. The summed E-state index contributed by atoms with van der Waals surface area (Å²) in [6.07, 6.45) is 14.6. The molecule has 0 saturated carbocycles. The van der Waals surface area contributed by atoms with Crippen molar-refractivity contribution in [3.05, 3.63) is 0 Å². The molecule has 0 aromatic carbocycles. The highest BCUT2D eigenvalue weighted by Gasteiger charge is 2.20. The van der Waals surface area contributed by atoms with Crippen molar-refractivity contribution in [2.45, 2.75) is 85.0 Å². The molecular weight excluding hydrogens is 262 g/mol. The Hall–Kier alpha value is -0.570. The van der Waals surface area contributed by atoms with E-state index in [-0.39, 0.29) is 0 Å². The Kier molecular flexibility index (Phi) is 14.0. The van der Waals surface area contributed by atoms with Gasteiger partial charge < -0.3 is 14.8 Å². The van der Waals surface area contributed by atoms with Crippen LogP contribution < -0.4 is 10.0 Å². The summed E-state index contributed by atoms with van der Waals surface area (Å²) in [4.78, 5) is 10.8. The molecule has 0 unspecified atom stereocenters. The minimum atomic E-state index is -1.08. The topological polar surface area (TPSA) is 44.6 Å². The molecular formula is C18H37NO2. The number of carbonyl (C=O) groups excluding carboxylic acids is 1. The van der Waals surface area contributed by atoms with Crippen LogP contribution in [0.2, 0.25) is 0 Å². The third-order valence-electron chi connectivity index (χ3n) is 4.39. The summed E-state index contributed by atoms with van der Waals surface area (Å²) in [5.74, 6) is -0.0201. The predicted octanol–water partition coefficient (Wildman–Crippen LogP) is 2.20. The maximum absolute atomic E-state index is 8.89. The van der Waals surface area contributed by atoms with Gasteiger partial charge in [0.2, 0.25) is 0 Å². The van der Waals surface area contributed by atoms with E-state index in [2.05, 4.69) is 13.8 Å². The molecule has 1 fully saturated rings. The Morgan fingerprint density at radius 3 is 2.05 bits per heavy atom. The van der Waals surface area contributed by atoms with Crippen LogP contribution in [-0.2, 0) is 4.79 Å². The number of quaternary nitrogens is 1. The molecule has 0 spiro atoms. The summed E-state index contributed by atoms with van der Waals surface area (Å²) >= 11 is 0. The molecule has 0 aliphatic carbocycles. The summed E-state index contributed by atoms with van der Waals surface area (Å²) in [5, 5.41) is 8.89. The van der Waals surface area contributed by atoms with E-state index in [4.69, 9.17) is 9.90 Å². The minimum Gasteiger partial charge on any atom is -0.550 e. The van der Waals surface area contributed by atoms with Gasteiger partial charge in [0.25, 0.3) is 0 Å². The highest BCUT2D eigenvalue weighted by Crippen LogP contribution is 2.15. The van der Waals surface area contributed by atoms with Crippen molar-refractivity contribution < 1.29 is 14.8 Å². The van der Waals surface area contributed by atoms with Crippen molar-refractivity contribution in [3.8, 4) is 0 Å². The second-order valence-electron chi connectivity index (χ2n) is 6.49. The standard InChI is InChI=1S/C16H33N.C2H4O2/c1-3-5-6-7-8-9-13-17-14-11-16(10-4-2)12-15-17;1-2(3)4/h16H,3-15H2,1-2H3;1H3,(H,3,4). The first-order valence-corrected chi connectivity index (χ1v) is 9.11. The van der Waals surface area contributed by atoms with Crippen LogP contribution in [0.3, 0.4) is 0 Å². The van der Waals surface area contributed by atoms with E-state index in [0.29, 0.717) is 0 Å². The molecule has 3 nitrogen and oxygen atoms in total. The summed E-state index contributed by atoms with van der Waals surface area (Å²) in [5.41, 5.74) is 0. The first kappa shape index (κ1) is 20.4. The monoisotopic (exact) mass is 299 g/mol. The summed E-state index contributed by atoms with van der Waals surface area (Å²) in [6, 6.07) is 0. The highest BCUT2D eigenvalue weighted by atomic mass is 16.4. The molecule has 0 aromatic heterocycles. The van der Waals surface area contributed by atoms with Gasteiger partial charge in [0, 0.05) is 5.97 Å². The van der Waals surface area contributed by atoms with Crippen LogP contribution in [0.5, 0.6) is 0 Å². The molecule has 1 aliphatic rings. The number of aliphatic carboxylic acids is 1. The first-order chi connectivity index (χ1) is 10.1. The molecule has 0 atom stereocenters. The van der Waals surface area contributed by atoms with Crippen molar-refractivity contribution in [2.24, 2.45) is 5.92 Å². The second kappa shape index (κ2) is 14.4. The van der Waals surface area contributed by atoms with Crippen LogP contribution in [-0.4, -0.2) is 25.6 Å². The fraction of sp³-hybridized carbons (Fsp3) is 0.944. The van der Waals surface area contributed by atoms with Gasteiger partial charge in [-0.15, -0.1) is 0 Å². The van der Waals surface area contributed by atoms with Gasteiger partial charge in [-0.2, -0.15) is 0 Å². The Morgan fingerprint density at radius 1 is 1.00 bits per heavy atom. The number of hydrogen-bond acceptors (Lipinski definition) is 2. The van der Waals surface area contributed by atoms with Crippen LogP contribution >= 0.6 is 0 Å². The number of carboxylic acid groups (broad SMARTS) is 1. The highest BCUT2D eigenvalue weighted by molar-refractivity contribution is 5.60. The number of likely N-dealkylation sites (tertiary alicyclic amines) is 1. The largest absolute Gasteiger partial charge is 0.550 e. The molecule has 1 saturated heterocycles. The van der Waals surface area contributed by atoms with Crippen LogP contribution in [0.4, 0.5) is 0 Å². The lowest BCUT2D eigenvalue weighted by Gasteiger charge is -2.29. The first-order valence-electron chi connectivity index (χ1n) is 9.11. The molecule has 1 heterocycles. The van der Waals surface area contributed by atoms with Gasteiger partial charge in [-0.05, 0) is 38.5 Å². The molecule has 1 aliphatic heterocycles. The van der Waals surface area contributed by atoms with E-state index in [0.717, 1.165) is 12.8 Å². The van der Waals surface area contributed by atoms with Gasteiger partial charge in [-0.25, -0.2) is 0 Å². The zero-order valence-corrected chi connectivity index (χ0v) is 14.6. The molecule has 126 valence electrons. The lowest BCUT2D eigenvalue weighted by molar-refractivity contribution is -0.906. The number of unbranched alkanes of at least 4 members (excludes halogenated alkanes) is 5. The number of nitrogens with one attached hydrogen (secondary N) is 1. The Labute approximate surface area is 132 Å². The number of piperidine rings is 1. The predicted molar refractivity (Wildman–Crippen MR) is 87.3 cm³/mol. The Morgan fingerprint density at radius 2 is 1.52 bits per heavy atom. The number of rotatable bonds is 9. The van der Waals surface area contributed by atoms with Gasteiger partial charge in [0.05, 0.1) is 19.6 Å². The molecule has 0 radical (unpaired) electrons. The lowest BCUT2D eigenvalue weighted by Crippen LogP contribution is -3.13. The number of carboxylic acids is 1. The fourth-order valence-corrected chi connectivity index (χ4v) is 3.19. The second-order valence-corrected chi connectivity index (χ2v) is 6.49. The third-order valence-corrected chi connectivity index (χ3v) is 4.39. The molecule has 21 heavy (non-hydrogen) atoms. The Bertz CT molecular complexity index is 231. The van der Waals surface area contributed by atoms with Crippen LogP contribution in [0.15, 0.2) is 0 Å². The lowest BCUT2D eigenvalue weighted by atomic mass is 9.92. The van der Waals surface area contributed by atoms with Crippen LogP contribution in [0, 0.1) is 5.92 Å². The van der Waals surface area contributed by atoms with Crippen molar-refractivity contribution in [2.75, 3.05) is 19.6 Å². The SMILES string of the molecule is CC(=O)[O-].CCCCCCCC[NH+]1CCC(CCC)CC1. The zero-order valence-electron chi connectivity index (χ0n) is 14.6. The van der Waals surface area contributed by atoms with Gasteiger partial charge in [-0.1, -0.05) is 52.4 Å². The summed E-state index contributed by atoms with van der Waals surface area (Å²) in [7, 11) is 0. The fourth-order valence-electron chi connectivity index (χ4n) is 3.19. The van der Waals surface area contributed by atoms with E-state index in [1.54, 1.807) is 0 Å². The zero-order chi connectivity index (χ0) is 15.9. The van der Waals surface area contributed by atoms with E-state index in [1.807, 2.05) is 4.90 Å². The maximum atomic E-state index is 8.89. The van der Waals surface area contributed by atoms with Gasteiger partial charge in [0.15, 0.2) is 0 Å². The quantitative estimate of drug-likeness (QED) is 0.663. The van der Waals surface area contributed by atoms with Gasteiger partial charge in [-0.3, -0.25) is 0 Å². The minimum absolute atomic E-state index is 0.972. The average Bonchev–Trinajstić information content (AvgIpc) is 2.44. The van der Waals surface area contributed by atoms with Crippen molar-refractivity contribution in [3.63, 3.8) is 0 Å². The van der Waals surface area contributed by atoms with Crippen LogP contribution in [0.25, 0.3) is 0 Å². The van der Waals surface area contributed by atoms with E-state index >= 15 is 0 Å². The number of carbonyl (C=O) groups is 1. The van der Waals surface area contributed by atoms with Gasteiger partial charge >= 0.3 is 0 Å². The van der Waals surface area contributed by atoms with Crippen molar-refractivity contribution in [1.82, 2.24) is 0 Å². The van der Waals surface area contributed by atoms with Gasteiger partial charge in [0.1, 0.15) is 0 Å². The normalized spacial score (nSPS) is 21.5. The molecule has 0 amide bonds. The van der Waals surface area contributed by atoms with Crippen molar-refractivity contribution >= 4 is 5.97 Å². The van der Waals surface area contributed by atoms with E-state index in [9.17, 15) is 0 Å². The summed E-state index contributed by atoms with van der Waals surface area (Å²) in [6.45, 7) is 9.96. The maximum Gasteiger partial charge on any atom is 0.0773 e. The van der Waals surface area contributed by atoms with E-state index in [1.165, 1.54) is 83.8 Å². The Balaban J connectivity index is 0.000000885. The molecule has 1 rings (SSSR count). The molecule has 0 aromatic rings. The summed E-state index contributed by atoms with van der Waals surface area (Å²) < 4.78 is 0. The van der Waals surface area contributed by atoms with Crippen molar-refractivity contribution in [1.29, 1.82) is 0 Å². The average molecular weight is 299 g/mol.